The van der Waals surface area contributed by atoms with Crippen molar-refractivity contribution < 1.29 is 4.39 Å². The fraction of sp³-hybridized carbons (Fsp3) is 0.750. The summed E-state index contributed by atoms with van der Waals surface area (Å²) in [7, 11) is 1.89. The lowest BCUT2D eigenvalue weighted by Gasteiger charge is -2.26. The van der Waals surface area contributed by atoms with Gasteiger partial charge in [-0.3, -0.25) is 4.68 Å². The normalized spacial score (nSPS) is 23.2. The standard InChI is InChI=1S/C12H20FN3/c1-16-9-10(8-15-16)5-6-11(13)12-4-2-3-7-14-12/h8-9,11-12,14H,2-7H2,1H3. The van der Waals surface area contributed by atoms with Gasteiger partial charge in [0.2, 0.25) is 0 Å². The fourth-order valence-corrected chi connectivity index (χ4v) is 2.29. The number of rotatable bonds is 4. The highest BCUT2D eigenvalue weighted by Gasteiger charge is 2.22. The molecule has 1 aliphatic heterocycles. The van der Waals surface area contributed by atoms with Crippen LogP contribution in [-0.4, -0.2) is 28.5 Å². The molecule has 0 saturated carbocycles. The number of aryl methyl sites for hydroxylation is 2. The van der Waals surface area contributed by atoms with Gasteiger partial charge in [-0.05, 0) is 37.8 Å². The topological polar surface area (TPSA) is 29.9 Å². The third kappa shape index (κ3) is 3.04. The van der Waals surface area contributed by atoms with Crippen molar-refractivity contribution in [1.29, 1.82) is 0 Å². The molecular formula is C12H20FN3. The summed E-state index contributed by atoms with van der Waals surface area (Å²) in [4.78, 5) is 0. The number of hydrogen-bond donors (Lipinski definition) is 1. The zero-order chi connectivity index (χ0) is 11.4. The van der Waals surface area contributed by atoms with E-state index in [9.17, 15) is 4.39 Å². The second-order valence-corrected chi connectivity index (χ2v) is 4.63. The second kappa shape index (κ2) is 5.43. The number of halogens is 1. The van der Waals surface area contributed by atoms with Crippen LogP contribution in [-0.2, 0) is 13.5 Å². The van der Waals surface area contributed by atoms with Gasteiger partial charge in [0.25, 0.3) is 0 Å². The van der Waals surface area contributed by atoms with Crippen molar-refractivity contribution in [2.75, 3.05) is 6.54 Å². The first-order chi connectivity index (χ1) is 7.75. The van der Waals surface area contributed by atoms with Crippen LogP contribution in [0.4, 0.5) is 4.39 Å². The lowest BCUT2D eigenvalue weighted by Crippen LogP contribution is -2.41. The van der Waals surface area contributed by atoms with Gasteiger partial charge in [0.1, 0.15) is 6.17 Å². The van der Waals surface area contributed by atoms with Gasteiger partial charge in [-0.1, -0.05) is 6.42 Å². The van der Waals surface area contributed by atoms with Crippen LogP contribution in [0.1, 0.15) is 31.2 Å². The molecule has 1 N–H and O–H groups in total. The summed E-state index contributed by atoms with van der Waals surface area (Å²) >= 11 is 0. The molecule has 1 saturated heterocycles. The van der Waals surface area contributed by atoms with Crippen molar-refractivity contribution in [2.45, 2.75) is 44.3 Å². The van der Waals surface area contributed by atoms with E-state index in [-0.39, 0.29) is 6.04 Å². The van der Waals surface area contributed by atoms with E-state index in [1.807, 2.05) is 19.4 Å². The highest BCUT2D eigenvalue weighted by molar-refractivity contribution is 5.04. The van der Waals surface area contributed by atoms with Gasteiger partial charge in [-0.2, -0.15) is 5.10 Å². The Balaban J connectivity index is 1.76. The predicted octanol–water partition coefficient (Wildman–Crippen LogP) is 1.83. The molecule has 2 atom stereocenters. The predicted molar refractivity (Wildman–Crippen MR) is 62.1 cm³/mol. The van der Waals surface area contributed by atoms with Gasteiger partial charge in [-0.15, -0.1) is 0 Å². The minimum atomic E-state index is -0.722. The smallest absolute Gasteiger partial charge is 0.116 e. The van der Waals surface area contributed by atoms with Crippen molar-refractivity contribution in [2.24, 2.45) is 7.05 Å². The number of aromatic nitrogens is 2. The first-order valence-corrected chi connectivity index (χ1v) is 6.10. The number of piperidine rings is 1. The molecule has 90 valence electrons. The quantitative estimate of drug-likeness (QED) is 0.847. The van der Waals surface area contributed by atoms with Crippen molar-refractivity contribution in [3.8, 4) is 0 Å². The molecule has 16 heavy (non-hydrogen) atoms. The van der Waals surface area contributed by atoms with Crippen molar-refractivity contribution in [3.05, 3.63) is 18.0 Å². The first kappa shape index (κ1) is 11.6. The van der Waals surface area contributed by atoms with Crippen molar-refractivity contribution in [3.63, 3.8) is 0 Å². The zero-order valence-electron chi connectivity index (χ0n) is 9.82. The van der Waals surface area contributed by atoms with Crippen LogP contribution in [0, 0.1) is 0 Å². The Kier molecular flexibility index (Phi) is 3.93. The number of nitrogens with zero attached hydrogens (tertiary/aromatic N) is 2. The number of hydrogen-bond acceptors (Lipinski definition) is 2. The van der Waals surface area contributed by atoms with Crippen molar-refractivity contribution in [1.82, 2.24) is 15.1 Å². The monoisotopic (exact) mass is 225 g/mol. The maximum atomic E-state index is 13.9. The van der Waals surface area contributed by atoms with Crippen LogP contribution in [0.3, 0.4) is 0 Å². The minimum Gasteiger partial charge on any atom is -0.311 e. The molecule has 1 aromatic heterocycles. The molecule has 2 heterocycles. The first-order valence-electron chi connectivity index (χ1n) is 6.10. The van der Waals surface area contributed by atoms with E-state index < -0.39 is 6.17 Å². The zero-order valence-corrected chi connectivity index (χ0v) is 9.82. The average molecular weight is 225 g/mol. The van der Waals surface area contributed by atoms with Crippen LogP contribution in [0.25, 0.3) is 0 Å². The minimum absolute atomic E-state index is 0.0745. The Hall–Kier alpha value is -0.900. The number of nitrogens with one attached hydrogen (secondary N) is 1. The van der Waals surface area contributed by atoms with E-state index in [2.05, 4.69) is 10.4 Å². The highest BCUT2D eigenvalue weighted by atomic mass is 19.1. The maximum Gasteiger partial charge on any atom is 0.116 e. The molecule has 0 aliphatic carbocycles. The van der Waals surface area contributed by atoms with E-state index >= 15 is 0 Å². The third-order valence-corrected chi connectivity index (χ3v) is 3.25. The molecule has 2 rings (SSSR count). The van der Waals surface area contributed by atoms with E-state index in [1.165, 1.54) is 6.42 Å². The van der Waals surface area contributed by atoms with Gasteiger partial charge in [-0.25, -0.2) is 4.39 Å². The molecule has 0 spiro atoms. The van der Waals surface area contributed by atoms with E-state index in [0.717, 1.165) is 31.4 Å². The van der Waals surface area contributed by atoms with E-state index in [1.54, 1.807) is 4.68 Å². The maximum absolute atomic E-state index is 13.9. The molecule has 1 fully saturated rings. The number of alkyl halides is 1. The molecule has 1 aliphatic rings. The molecule has 0 radical (unpaired) electrons. The third-order valence-electron chi connectivity index (χ3n) is 3.25. The van der Waals surface area contributed by atoms with E-state index in [4.69, 9.17) is 0 Å². The largest absolute Gasteiger partial charge is 0.311 e. The van der Waals surface area contributed by atoms with Crippen LogP contribution in [0.5, 0.6) is 0 Å². The van der Waals surface area contributed by atoms with Gasteiger partial charge in [0.15, 0.2) is 0 Å². The Bertz CT molecular complexity index is 318. The summed E-state index contributed by atoms with van der Waals surface area (Å²) in [5.41, 5.74) is 1.13. The van der Waals surface area contributed by atoms with Gasteiger partial charge in [0.05, 0.1) is 6.20 Å². The summed E-state index contributed by atoms with van der Waals surface area (Å²) in [5, 5.41) is 7.35. The average Bonchev–Trinajstić information content (AvgIpc) is 2.73. The van der Waals surface area contributed by atoms with Crippen LogP contribution < -0.4 is 5.32 Å². The van der Waals surface area contributed by atoms with Crippen LogP contribution in [0.2, 0.25) is 0 Å². The second-order valence-electron chi connectivity index (χ2n) is 4.63. The molecule has 2 unspecified atom stereocenters. The Morgan fingerprint density at radius 3 is 3.12 bits per heavy atom. The summed E-state index contributed by atoms with van der Waals surface area (Å²) in [6, 6.07) is 0.0745. The Morgan fingerprint density at radius 1 is 1.62 bits per heavy atom. The molecule has 4 heteroatoms. The molecule has 3 nitrogen and oxygen atoms in total. The molecule has 0 bridgehead atoms. The van der Waals surface area contributed by atoms with Gasteiger partial charge < -0.3 is 5.32 Å². The van der Waals surface area contributed by atoms with Gasteiger partial charge in [0, 0.05) is 19.3 Å². The fourth-order valence-electron chi connectivity index (χ4n) is 2.29. The Morgan fingerprint density at radius 2 is 2.50 bits per heavy atom. The highest BCUT2D eigenvalue weighted by Crippen LogP contribution is 2.17. The van der Waals surface area contributed by atoms with Crippen molar-refractivity contribution >= 4 is 0 Å². The van der Waals surface area contributed by atoms with E-state index in [0.29, 0.717) is 6.42 Å². The summed E-state index contributed by atoms with van der Waals surface area (Å²) in [6.07, 6.45) is 7.77. The van der Waals surface area contributed by atoms with Crippen LogP contribution >= 0.6 is 0 Å². The summed E-state index contributed by atoms with van der Waals surface area (Å²) in [5.74, 6) is 0. The molecule has 0 amide bonds. The molecule has 1 aromatic rings. The lowest BCUT2D eigenvalue weighted by atomic mass is 9.97. The van der Waals surface area contributed by atoms with Gasteiger partial charge >= 0.3 is 0 Å². The lowest BCUT2D eigenvalue weighted by molar-refractivity contribution is 0.207. The van der Waals surface area contributed by atoms with Crippen LogP contribution in [0.15, 0.2) is 12.4 Å². The molecular weight excluding hydrogens is 205 g/mol. The summed E-state index contributed by atoms with van der Waals surface area (Å²) in [6.45, 7) is 0.970. The summed E-state index contributed by atoms with van der Waals surface area (Å²) < 4.78 is 15.7. The SMILES string of the molecule is Cn1cc(CCC(F)C2CCCCN2)cn1. The Labute approximate surface area is 96.0 Å². The molecule has 0 aromatic carbocycles.